The van der Waals surface area contributed by atoms with Gasteiger partial charge in [0.15, 0.2) is 5.78 Å². The summed E-state index contributed by atoms with van der Waals surface area (Å²) in [6.07, 6.45) is -1.05. The van der Waals surface area contributed by atoms with Gasteiger partial charge in [0.2, 0.25) is 0 Å². The third-order valence-electron chi connectivity index (χ3n) is 3.99. The van der Waals surface area contributed by atoms with E-state index >= 15 is 0 Å². The minimum Gasteiger partial charge on any atom is -0.396 e. The SMILES string of the molecule is O=C(CCCO)c1cc(-c2cc(C(F)(F)F)cc3c2C=NC3)ccn1. The van der Waals surface area contributed by atoms with Crippen LogP contribution in [0.4, 0.5) is 13.2 Å². The second-order valence-corrected chi connectivity index (χ2v) is 5.74. The number of fused-ring (bicyclic) bond motifs is 1. The summed E-state index contributed by atoms with van der Waals surface area (Å²) in [6.45, 7) is 0.0999. The first-order valence-electron chi connectivity index (χ1n) is 7.74. The summed E-state index contributed by atoms with van der Waals surface area (Å²) >= 11 is 0. The first kappa shape index (κ1) is 17.3. The highest BCUT2D eigenvalue weighted by molar-refractivity contribution is 5.98. The highest BCUT2D eigenvalue weighted by Gasteiger charge is 2.32. The molecular weight excluding hydrogens is 333 g/mol. The number of aliphatic imine (C=N–C) groups is 1. The van der Waals surface area contributed by atoms with Crippen molar-refractivity contribution in [1.29, 1.82) is 0 Å². The molecule has 0 bridgehead atoms. The highest BCUT2D eigenvalue weighted by atomic mass is 19.4. The summed E-state index contributed by atoms with van der Waals surface area (Å²) < 4.78 is 39.5. The lowest BCUT2D eigenvalue weighted by molar-refractivity contribution is -0.137. The Balaban J connectivity index is 2.06. The number of pyridine rings is 1. The van der Waals surface area contributed by atoms with E-state index in [1.165, 1.54) is 12.3 Å². The van der Waals surface area contributed by atoms with Crippen LogP contribution in [0.2, 0.25) is 0 Å². The maximum atomic E-state index is 13.2. The normalized spacial score (nSPS) is 13.1. The Hall–Kier alpha value is -2.54. The quantitative estimate of drug-likeness (QED) is 0.839. The number of carbonyl (C=O) groups excluding carboxylic acids is 1. The fourth-order valence-electron chi connectivity index (χ4n) is 2.75. The van der Waals surface area contributed by atoms with Crippen molar-refractivity contribution < 1.29 is 23.1 Å². The molecule has 0 fully saturated rings. The summed E-state index contributed by atoms with van der Waals surface area (Å²) in [4.78, 5) is 20.1. The van der Waals surface area contributed by atoms with Crippen LogP contribution < -0.4 is 0 Å². The number of aliphatic hydroxyl groups is 1. The maximum absolute atomic E-state index is 13.2. The number of Topliss-reactive ketones (excluding diaryl/α,β-unsaturated/α-hetero) is 1. The fourth-order valence-corrected chi connectivity index (χ4v) is 2.75. The molecule has 2 aromatic rings. The smallest absolute Gasteiger partial charge is 0.396 e. The lowest BCUT2D eigenvalue weighted by Gasteiger charge is -2.14. The van der Waals surface area contributed by atoms with E-state index in [4.69, 9.17) is 5.11 Å². The van der Waals surface area contributed by atoms with Gasteiger partial charge >= 0.3 is 6.18 Å². The molecule has 1 aromatic carbocycles. The van der Waals surface area contributed by atoms with Gasteiger partial charge in [-0.25, -0.2) is 0 Å². The van der Waals surface area contributed by atoms with Crippen molar-refractivity contribution >= 4 is 12.0 Å². The molecule has 1 aromatic heterocycles. The standard InChI is InChI=1S/C18H15F3N2O2/c19-18(20,21)13-6-12-9-22-10-15(12)14(8-13)11-3-4-23-16(7-11)17(25)2-1-5-24/h3-4,6-8,10,24H,1-2,5,9H2. The zero-order valence-corrected chi connectivity index (χ0v) is 13.2. The Kier molecular flexibility index (Phi) is 4.67. The highest BCUT2D eigenvalue weighted by Crippen LogP contribution is 2.37. The zero-order chi connectivity index (χ0) is 18.0. The lowest BCUT2D eigenvalue weighted by Crippen LogP contribution is -2.07. The molecule has 0 saturated heterocycles. The van der Waals surface area contributed by atoms with Crippen LogP contribution in [0.15, 0.2) is 35.5 Å². The molecule has 0 radical (unpaired) electrons. The van der Waals surface area contributed by atoms with E-state index in [-0.39, 0.29) is 31.0 Å². The number of hydrogen-bond acceptors (Lipinski definition) is 4. The first-order valence-corrected chi connectivity index (χ1v) is 7.74. The van der Waals surface area contributed by atoms with Crippen molar-refractivity contribution in [3.05, 3.63) is 52.8 Å². The number of benzene rings is 1. The number of halogens is 3. The van der Waals surface area contributed by atoms with Crippen LogP contribution in [-0.2, 0) is 12.7 Å². The average Bonchev–Trinajstić information content (AvgIpc) is 3.06. The Labute approximate surface area is 142 Å². The molecule has 0 spiro atoms. The van der Waals surface area contributed by atoms with Gasteiger partial charge < -0.3 is 5.11 Å². The largest absolute Gasteiger partial charge is 0.416 e. The van der Waals surface area contributed by atoms with E-state index in [0.717, 1.165) is 12.1 Å². The topological polar surface area (TPSA) is 62.5 Å². The molecule has 1 N–H and O–H groups in total. The van der Waals surface area contributed by atoms with Gasteiger partial charge in [-0.1, -0.05) is 0 Å². The monoisotopic (exact) mass is 348 g/mol. The number of nitrogens with zero attached hydrogens (tertiary/aromatic N) is 2. The zero-order valence-electron chi connectivity index (χ0n) is 13.2. The average molecular weight is 348 g/mol. The van der Waals surface area contributed by atoms with Gasteiger partial charge in [-0.05, 0) is 47.4 Å². The molecule has 1 aliphatic heterocycles. The number of aromatic nitrogens is 1. The maximum Gasteiger partial charge on any atom is 0.416 e. The van der Waals surface area contributed by atoms with Crippen molar-refractivity contribution in [3.63, 3.8) is 0 Å². The van der Waals surface area contributed by atoms with Gasteiger partial charge in [-0.2, -0.15) is 13.2 Å². The van der Waals surface area contributed by atoms with Crippen molar-refractivity contribution in [3.8, 4) is 11.1 Å². The molecule has 0 amide bonds. The van der Waals surface area contributed by atoms with E-state index in [1.807, 2.05) is 0 Å². The van der Waals surface area contributed by atoms with Crippen LogP contribution in [0.3, 0.4) is 0 Å². The third kappa shape index (κ3) is 3.61. The second kappa shape index (κ2) is 6.76. The molecule has 130 valence electrons. The Morgan fingerprint density at radius 3 is 2.76 bits per heavy atom. The molecule has 0 aliphatic carbocycles. The van der Waals surface area contributed by atoms with Gasteiger partial charge in [-0.3, -0.25) is 14.8 Å². The summed E-state index contributed by atoms with van der Waals surface area (Å²) in [5.74, 6) is -0.256. The number of alkyl halides is 3. The predicted molar refractivity (Wildman–Crippen MR) is 86.6 cm³/mol. The molecule has 1 aliphatic rings. The van der Waals surface area contributed by atoms with Crippen LogP contribution in [0, 0.1) is 0 Å². The van der Waals surface area contributed by atoms with Crippen molar-refractivity contribution in [2.75, 3.05) is 6.61 Å². The van der Waals surface area contributed by atoms with Gasteiger partial charge in [0, 0.05) is 31.0 Å². The summed E-state index contributed by atoms with van der Waals surface area (Å²) in [5, 5.41) is 8.81. The van der Waals surface area contributed by atoms with Crippen molar-refractivity contribution in [2.24, 2.45) is 4.99 Å². The van der Waals surface area contributed by atoms with Crippen LogP contribution >= 0.6 is 0 Å². The van der Waals surface area contributed by atoms with Gasteiger partial charge in [0.25, 0.3) is 0 Å². The molecule has 4 nitrogen and oxygen atoms in total. The number of carbonyl (C=O) groups is 1. The minimum absolute atomic E-state index is 0.108. The lowest BCUT2D eigenvalue weighted by atomic mass is 9.94. The minimum atomic E-state index is -4.46. The Morgan fingerprint density at radius 2 is 2.04 bits per heavy atom. The second-order valence-electron chi connectivity index (χ2n) is 5.74. The predicted octanol–water partition coefficient (Wildman–Crippen LogP) is 3.66. The summed E-state index contributed by atoms with van der Waals surface area (Å²) in [7, 11) is 0. The summed E-state index contributed by atoms with van der Waals surface area (Å²) in [5.41, 5.74) is 1.44. The van der Waals surface area contributed by atoms with Crippen LogP contribution in [0.5, 0.6) is 0 Å². The number of hydrogen-bond donors (Lipinski definition) is 1. The van der Waals surface area contributed by atoms with E-state index in [2.05, 4.69) is 9.98 Å². The van der Waals surface area contributed by atoms with Gasteiger partial charge in [-0.15, -0.1) is 0 Å². The molecule has 0 unspecified atom stereocenters. The Bertz CT molecular complexity index is 845. The first-order chi connectivity index (χ1) is 11.9. The fraction of sp³-hybridized carbons (Fsp3) is 0.278. The molecule has 0 atom stereocenters. The molecule has 0 saturated carbocycles. The summed E-state index contributed by atoms with van der Waals surface area (Å²) in [6, 6.07) is 5.25. The van der Waals surface area contributed by atoms with Crippen LogP contribution in [-0.4, -0.2) is 28.7 Å². The molecule has 3 rings (SSSR count). The number of aliphatic hydroxyl groups excluding tert-OH is 1. The molecular formula is C18H15F3N2O2. The van der Waals surface area contributed by atoms with Gasteiger partial charge in [0.05, 0.1) is 12.1 Å². The number of rotatable bonds is 5. The van der Waals surface area contributed by atoms with Crippen LogP contribution in [0.1, 0.15) is 40.0 Å². The number of ketones is 1. The van der Waals surface area contributed by atoms with E-state index in [0.29, 0.717) is 28.7 Å². The Morgan fingerprint density at radius 1 is 1.24 bits per heavy atom. The van der Waals surface area contributed by atoms with E-state index < -0.39 is 11.7 Å². The molecule has 25 heavy (non-hydrogen) atoms. The van der Waals surface area contributed by atoms with E-state index in [9.17, 15) is 18.0 Å². The van der Waals surface area contributed by atoms with Gasteiger partial charge in [0.1, 0.15) is 5.69 Å². The molecule has 7 heteroatoms. The van der Waals surface area contributed by atoms with Crippen molar-refractivity contribution in [2.45, 2.75) is 25.6 Å². The van der Waals surface area contributed by atoms with E-state index in [1.54, 1.807) is 12.3 Å². The van der Waals surface area contributed by atoms with Crippen LogP contribution in [0.25, 0.3) is 11.1 Å². The molecule has 2 heterocycles. The van der Waals surface area contributed by atoms with Crippen molar-refractivity contribution in [1.82, 2.24) is 4.98 Å². The third-order valence-corrected chi connectivity index (χ3v) is 3.99.